The van der Waals surface area contributed by atoms with Gasteiger partial charge in [-0.2, -0.15) is 11.8 Å². The van der Waals surface area contributed by atoms with Crippen LogP contribution in [0.2, 0.25) is 0 Å². The maximum atomic E-state index is 12.1. The first-order valence-corrected chi connectivity index (χ1v) is 15.6. The quantitative estimate of drug-likeness (QED) is 0.162. The Morgan fingerprint density at radius 2 is 1.65 bits per heavy atom. The summed E-state index contributed by atoms with van der Waals surface area (Å²) < 4.78 is 17.8. The van der Waals surface area contributed by atoms with Gasteiger partial charge in [-0.1, -0.05) is 73.7 Å². The molecule has 0 spiro atoms. The largest absolute Gasteiger partial charge is 0.465 e. The topological polar surface area (TPSA) is 126 Å². The maximum Gasteiger partial charge on any atom is 0.325 e. The van der Waals surface area contributed by atoms with E-state index in [2.05, 4.69) is 17.6 Å². The van der Waals surface area contributed by atoms with E-state index in [-0.39, 0.29) is 44.5 Å². The number of hydrogen-bond acceptors (Lipinski definition) is 8. The summed E-state index contributed by atoms with van der Waals surface area (Å²) in [6, 6.07) is 23.3. The van der Waals surface area contributed by atoms with E-state index in [9.17, 15) is 19.8 Å². The number of carbonyl (C=O) groups excluding carboxylic acids is 2. The van der Waals surface area contributed by atoms with Gasteiger partial charge in [0.2, 0.25) is 0 Å². The highest BCUT2D eigenvalue weighted by Gasteiger charge is 2.38. The molecule has 230 valence electrons. The van der Waals surface area contributed by atoms with Crippen molar-refractivity contribution in [2.45, 2.75) is 45.5 Å². The molecule has 1 heterocycles. The van der Waals surface area contributed by atoms with Crippen LogP contribution in [-0.2, 0) is 32.2 Å². The summed E-state index contributed by atoms with van der Waals surface area (Å²) in [5.41, 5.74) is 5.71. The predicted octanol–water partition coefficient (Wildman–Crippen LogP) is 4.73. The summed E-state index contributed by atoms with van der Waals surface area (Å²) >= 11 is 1.66. The molecule has 0 radical (unpaired) electrons. The van der Waals surface area contributed by atoms with E-state index in [1.54, 1.807) is 18.7 Å². The average Bonchev–Trinajstić information content (AvgIpc) is 3.04. The van der Waals surface area contributed by atoms with Crippen molar-refractivity contribution in [3.63, 3.8) is 0 Å². The lowest BCUT2D eigenvalue weighted by Gasteiger charge is -2.41. The van der Waals surface area contributed by atoms with Crippen LogP contribution >= 0.6 is 11.8 Å². The summed E-state index contributed by atoms with van der Waals surface area (Å²) in [4.78, 5) is 23.5. The van der Waals surface area contributed by atoms with Crippen LogP contribution in [0.25, 0.3) is 11.1 Å². The summed E-state index contributed by atoms with van der Waals surface area (Å²) in [5.74, 6) is 0.998. The highest BCUT2D eigenvalue weighted by molar-refractivity contribution is 7.99. The van der Waals surface area contributed by atoms with E-state index in [1.165, 1.54) is 0 Å². The van der Waals surface area contributed by atoms with Crippen LogP contribution in [0.1, 0.15) is 48.5 Å². The number of rotatable bonds is 13. The standard InChI is InChI=1S/C33H40N2O7S/c1-3-40-30(38)19-35-33(39)34-18-24-5-4-6-28(17-24)25-11-13-27(14-12-25)32-41-29(21-43-16-15-36)22(2)31(42-32)26-9-7-23(20-37)8-10-26/h4-14,17,22,29,31-32,36-37H,3,15-16,18-21H2,1-2H3,(H2,34,35,39)/t22-,29+,31+,32+/m1/s1. The average molecular weight is 609 g/mol. The second-order valence-electron chi connectivity index (χ2n) is 10.3. The molecule has 0 bridgehead atoms. The first-order valence-electron chi connectivity index (χ1n) is 14.5. The fourth-order valence-corrected chi connectivity index (χ4v) is 5.79. The van der Waals surface area contributed by atoms with Crippen molar-refractivity contribution in [3.05, 3.63) is 95.1 Å². The second-order valence-corrected chi connectivity index (χ2v) is 11.4. The molecule has 43 heavy (non-hydrogen) atoms. The van der Waals surface area contributed by atoms with E-state index < -0.39 is 18.3 Å². The molecule has 0 saturated carbocycles. The number of urea groups is 1. The zero-order valence-corrected chi connectivity index (χ0v) is 25.3. The Morgan fingerprint density at radius 3 is 2.35 bits per heavy atom. The summed E-state index contributed by atoms with van der Waals surface area (Å²) in [6.45, 7) is 4.34. The van der Waals surface area contributed by atoms with Crippen LogP contribution in [0.5, 0.6) is 0 Å². The number of aliphatic hydroxyl groups excluding tert-OH is 2. The molecule has 1 aliphatic heterocycles. The van der Waals surface area contributed by atoms with Crippen molar-refractivity contribution in [2.75, 3.05) is 31.3 Å². The Bertz CT molecular complexity index is 1320. The number of thioether (sulfide) groups is 1. The van der Waals surface area contributed by atoms with Gasteiger partial charge in [0, 0.05) is 29.5 Å². The predicted molar refractivity (Wildman–Crippen MR) is 166 cm³/mol. The van der Waals surface area contributed by atoms with Crippen molar-refractivity contribution in [3.8, 4) is 11.1 Å². The van der Waals surface area contributed by atoms with Gasteiger partial charge in [-0.15, -0.1) is 0 Å². The zero-order chi connectivity index (χ0) is 30.6. The lowest BCUT2D eigenvalue weighted by Crippen LogP contribution is -2.38. The van der Waals surface area contributed by atoms with E-state index in [1.807, 2.05) is 72.8 Å². The molecule has 1 fully saturated rings. The van der Waals surface area contributed by atoms with Crippen LogP contribution in [0.4, 0.5) is 4.79 Å². The van der Waals surface area contributed by atoms with Gasteiger partial charge in [-0.05, 0) is 40.8 Å². The Morgan fingerprint density at radius 1 is 0.907 bits per heavy atom. The third-order valence-corrected chi connectivity index (χ3v) is 8.27. The number of aliphatic hydroxyl groups is 2. The minimum Gasteiger partial charge on any atom is -0.465 e. The van der Waals surface area contributed by atoms with Crippen LogP contribution in [-0.4, -0.2) is 59.6 Å². The van der Waals surface area contributed by atoms with Crippen LogP contribution in [0, 0.1) is 5.92 Å². The molecule has 0 aliphatic carbocycles. The number of ether oxygens (including phenoxy) is 3. The zero-order valence-electron chi connectivity index (χ0n) is 24.5. The van der Waals surface area contributed by atoms with Crippen molar-refractivity contribution >= 4 is 23.8 Å². The minimum atomic E-state index is -0.559. The van der Waals surface area contributed by atoms with Gasteiger partial charge in [0.25, 0.3) is 0 Å². The Balaban J connectivity index is 1.43. The van der Waals surface area contributed by atoms with E-state index in [0.29, 0.717) is 12.3 Å². The SMILES string of the molecule is CCOC(=O)CNC(=O)NCc1cccc(-c2ccc([C@H]3O[C@@H](CSCCO)[C@@H](C)[C@@H](c4ccc(CO)cc4)O3)cc2)c1. The molecule has 0 aromatic heterocycles. The Kier molecular flexibility index (Phi) is 12.4. The van der Waals surface area contributed by atoms with Gasteiger partial charge in [0.15, 0.2) is 6.29 Å². The second kappa shape index (κ2) is 16.4. The third-order valence-electron chi connectivity index (χ3n) is 7.24. The molecule has 4 rings (SSSR count). The monoisotopic (exact) mass is 608 g/mol. The van der Waals surface area contributed by atoms with Crippen molar-refractivity contribution in [2.24, 2.45) is 5.92 Å². The highest BCUT2D eigenvalue weighted by Crippen LogP contribution is 2.42. The number of benzene rings is 3. The van der Waals surface area contributed by atoms with Crippen molar-refractivity contribution in [1.29, 1.82) is 0 Å². The molecule has 1 saturated heterocycles. The van der Waals surface area contributed by atoms with Crippen molar-refractivity contribution < 1.29 is 34.0 Å². The molecule has 3 aromatic rings. The fraction of sp³-hybridized carbons (Fsp3) is 0.394. The van der Waals surface area contributed by atoms with Crippen molar-refractivity contribution in [1.82, 2.24) is 10.6 Å². The molecular weight excluding hydrogens is 568 g/mol. The molecule has 3 aromatic carbocycles. The molecule has 10 heteroatoms. The van der Waals surface area contributed by atoms with E-state index >= 15 is 0 Å². The van der Waals surface area contributed by atoms with Crippen LogP contribution in [0.15, 0.2) is 72.8 Å². The molecule has 1 aliphatic rings. The Labute approximate surface area is 256 Å². The van der Waals surface area contributed by atoms with Gasteiger partial charge >= 0.3 is 12.0 Å². The molecule has 2 amide bonds. The number of amides is 2. The number of hydrogen-bond donors (Lipinski definition) is 4. The minimum absolute atomic E-state index is 0.00819. The van der Waals surface area contributed by atoms with Gasteiger partial charge in [-0.3, -0.25) is 4.79 Å². The van der Waals surface area contributed by atoms with E-state index in [4.69, 9.17) is 14.2 Å². The summed E-state index contributed by atoms with van der Waals surface area (Å²) in [5, 5.41) is 24.0. The van der Waals surface area contributed by atoms with Crippen LogP contribution < -0.4 is 10.6 Å². The number of esters is 1. The highest BCUT2D eigenvalue weighted by atomic mass is 32.2. The maximum absolute atomic E-state index is 12.1. The summed E-state index contributed by atoms with van der Waals surface area (Å²) in [6.07, 6.45) is -0.822. The lowest BCUT2D eigenvalue weighted by atomic mass is 9.91. The lowest BCUT2D eigenvalue weighted by molar-refractivity contribution is -0.268. The van der Waals surface area contributed by atoms with Crippen LogP contribution in [0.3, 0.4) is 0 Å². The van der Waals surface area contributed by atoms with Gasteiger partial charge in [0.05, 0.1) is 32.0 Å². The normalized spacial score (nSPS) is 19.9. The number of nitrogens with one attached hydrogen (secondary N) is 2. The third kappa shape index (κ3) is 9.29. The molecule has 9 nitrogen and oxygen atoms in total. The number of carbonyl (C=O) groups is 2. The Hall–Kier alpha value is -3.41. The van der Waals surface area contributed by atoms with Gasteiger partial charge in [-0.25, -0.2) is 4.79 Å². The molecular formula is C33H40N2O7S. The fourth-order valence-electron chi connectivity index (χ4n) is 4.88. The first-order chi connectivity index (χ1) is 20.9. The molecule has 4 atom stereocenters. The van der Waals surface area contributed by atoms with Gasteiger partial charge in [0.1, 0.15) is 6.54 Å². The summed E-state index contributed by atoms with van der Waals surface area (Å²) in [7, 11) is 0. The van der Waals surface area contributed by atoms with E-state index in [0.717, 1.165) is 39.1 Å². The molecule has 4 N–H and O–H groups in total. The van der Waals surface area contributed by atoms with Gasteiger partial charge < -0.3 is 35.1 Å². The first kappa shape index (κ1) is 32.5. The molecule has 0 unspecified atom stereocenters. The smallest absolute Gasteiger partial charge is 0.325 e.